The molecule has 99 heavy (non-hydrogen) atoms. The van der Waals surface area contributed by atoms with Crippen LogP contribution in [0.5, 0.6) is 28.7 Å². The second-order valence-electron chi connectivity index (χ2n) is 27.7. The van der Waals surface area contributed by atoms with Crippen LogP contribution >= 0.6 is 0 Å². The Morgan fingerprint density at radius 1 is 0.606 bits per heavy atom. The highest BCUT2D eigenvalue weighted by Gasteiger charge is 2.56. The highest BCUT2D eigenvalue weighted by molar-refractivity contribution is 6.74. The minimum Gasteiger partial charge on any atom is -0.493 e. The van der Waals surface area contributed by atoms with Gasteiger partial charge in [0.05, 0.1) is 88.8 Å². The number of nitrogens with two attached hydrogens (primary N) is 1. The molecule has 0 radical (unpaired) electrons. The SMILES string of the molecule is COCCNC(=O)c1cc(COC(=O)Nc2cc(OCCCCCOc3cc(N)c(C(=O)N4C=C(C)C[C@H]4CO[Si](C)(C)C(C)(C)C)cc3OC)c(OC)cc2C(=O)N2C=C(C)CC2CO[Si](C)(C)C(C)(C)C)ccc1O[C@@H]1O[C@H](C(=O)OC)[C@@H](OC(C)=O)[C@H](OC(C)=O)[C@H]1OC(C)=O. The van der Waals surface area contributed by atoms with E-state index in [2.05, 4.69) is 78.4 Å². The summed E-state index contributed by atoms with van der Waals surface area (Å²) in [5.74, 6) is -4.35. The Bertz CT molecular complexity index is 3470. The molecule has 27 nitrogen and oxygen atoms in total. The molecule has 29 heteroatoms. The maximum atomic E-state index is 15.0. The van der Waals surface area contributed by atoms with E-state index in [-0.39, 0.29) is 112 Å². The van der Waals surface area contributed by atoms with Crippen molar-refractivity contribution in [1.82, 2.24) is 15.1 Å². The van der Waals surface area contributed by atoms with Crippen molar-refractivity contribution in [1.29, 1.82) is 0 Å². The van der Waals surface area contributed by atoms with Crippen molar-refractivity contribution in [2.24, 2.45) is 0 Å². The number of hydrogen-bond donors (Lipinski definition) is 3. The summed E-state index contributed by atoms with van der Waals surface area (Å²) >= 11 is 0. The van der Waals surface area contributed by atoms with Gasteiger partial charge in [-0.25, -0.2) is 9.59 Å². The highest BCUT2D eigenvalue weighted by atomic mass is 28.4. The van der Waals surface area contributed by atoms with E-state index < -0.39 is 95.7 Å². The molecular weight excluding hydrogens is 1320 g/mol. The Morgan fingerprint density at radius 2 is 1.11 bits per heavy atom. The molecule has 546 valence electrons. The number of rotatable bonds is 31. The molecule has 3 aromatic rings. The number of methoxy groups -OCH3 is 4. The van der Waals surface area contributed by atoms with Gasteiger partial charge >= 0.3 is 30.0 Å². The number of anilines is 2. The van der Waals surface area contributed by atoms with Gasteiger partial charge in [0.15, 0.2) is 57.9 Å². The van der Waals surface area contributed by atoms with Gasteiger partial charge in [0.1, 0.15) is 12.4 Å². The number of carbonyl (C=O) groups excluding carboxylic acids is 8. The van der Waals surface area contributed by atoms with Crippen LogP contribution in [-0.4, -0.2) is 185 Å². The van der Waals surface area contributed by atoms with E-state index in [0.717, 1.165) is 39.0 Å². The van der Waals surface area contributed by atoms with Crippen molar-refractivity contribution in [3.8, 4) is 28.7 Å². The van der Waals surface area contributed by atoms with Gasteiger partial charge in [-0.05, 0) is 112 Å². The minimum absolute atomic E-state index is 0.00852. The predicted molar refractivity (Wildman–Crippen MR) is 371 cm³/mol. The topological polar surface area (TPSA) is 322 Å². The average molecular weight is 1420 g/mol. The van der Waals surface area contributed by atoms with E-state index in [9.17, 15) is 38.4 Å². The van der Waals surface area contributed by atoms with Crippen molar-refractivity contribution < 1.29 is 104 Å². The summed E-state index contributed by atoms with van der Waals surface area (Å²) in [4.78, 5) is 111. The molecule has 1 fully saturated rings. The quantitative estimate of drug-likeness (QED) is 0.0177. The molecule has 1 unspecified atom stereocenters. The highest BCUT2D eigenvalue weighted by Crippen LogP contribution is 2.42. The van der Waals surface area contributed by atoms with Crippen LogP contribution in [0.1, 0.15) is 145 Å². The summed E-state index contributed by atoms with van der Waals surface area (Å²) in [5.41, 5.74) is 9.23. The number of carbonyl (C=O) groups is 8. The molecule has 1 saturated heterocycles. The van der Waals surface area contributed by atoms with Gasteiger partial charge in [0, 0.05) is 64.6 Å². The Hall–Kier alpha value is -8.23. The number of amides is 4. The molecule has 4 amide bonds. The van der Waals surface area contributed by atoms with Crippen LogP contribution in [0.4, 0.5) is 16.2 Å². The van der Waals surface area contributed by atoms with Gasteiger partial charge in [0.25, 0.3) is 17.7 Å². The smallest absolute Gasteiger partial charge is 0.411 e. The normalized spacial score (nSPS) is 19.4. The van der Waals surface area contributed by atoms with Crippen molar-refractivity contribution >= 4 is 75.7 Å². The first-order valence-electron chi connectivity index (χ1n) is 32.9. The van der Waals surface area contributed by atoms with E-state index in [0.29, 0.717) is 50.2 Å². The van der Waals surface area contributed by atoms with Gasteiger partial charge in [-0.1, -0.05) is 58.8 Å². The molecule has 7 atom stereocenters. The van der Waals surface area contributed by atoms with Gasteiger partial charge in [-0.15, -0.1) is 0 Å². The number of esters is 4. The molecule has 3 aromatic carbocycles. The van der Waals surface area contributed by atoms with Crippen LogP contribution < -0.4 is 40.1 Å². The fraction of sp³-hybridized carbons (Fsp3) is 0.571. The number of hydrogen-bond acceptors (Lipinski definition) is 23. The number of nitrogens with zero attached hydrogens (tertiary/aromatic N) is 2. The van der Waals surface area contributed by atoms with E-state index in [1.807, 2.05) is 20.0 Å². The Morgan fingerprint density at radius 3 is 1.62 bits per heavy atom. The van der Waals surface area contributed by atoms with Gasteiger partial charge in [-0.2, -0.15) is 0 Å². The Balaban J connectivity index is 1.21. The molecule has 0 spiro atoms. The van der Waals surface area contributed by atoms with Crippen LogP contribution in [-0.2, 0) is 67.8 Å². The monoisotopic (exact) mass is 1420 g/mol. The summed E-state index contributed by atoms with van der Waals surface area (Å²) in [7, 11) is 1.06. The fourth-order valence-electron chi connectivity index (χ4n) is 10.6. The molecule has 6 rings (SSSR count). The third-order valence-corrected chi connectivity index (χ3v) is 26.9. The lowest BCUT2D eigenvalue weighted by molar-refractivity contribution is -0.282. The maximum absolute atomic E-state index is 15.0. The van der Waals surface area contributed by atoms with E-state index in [4.69, 9.17) is 71.4 Å². The third-order valence-electron chi connectivity index (χ3n) is 17.9. The molecule has 3 heterocycles. The zero-order chi connectivity index (χ0) is 73.5. The molecular formula is C70H101N5O22Si2. The number of nitrogen functional groups attached to an aromatic ring is 1. The molecule has 3 aliphatic heterocycles. The van der Waals surface area contributed by atoms with Crippen molar-refractivity contribution in [2.45, 2.75) is 194 Å². The predicted octanol–water partition coefficient (Wildman–Crippen LogP) is 10.4. The van der Waals surface area contributed by atoms with Crippen LogP contribution in [0.25, 0.3) is 0 Å². The number of nitrogens with one attached hydrogen (secondary N) is 2. The van der Waals surface area contributed by atoms with Gasteiger partial charge in [-0.3, -0.25) is 34.1 Å². The zero-order valence-electron chi connectivity index (χ0n) is 60.7. The van der Waals surface area contributed by atoms with Gasteiger partial charge < -0.3 is 86.5 Å². The van der Waals surface area contributed by atoms with Crippen LogP contribution in [0.15, 0.2) is 66.0 Å². The average Bonchev–Trinajstić information content (AvgIpc) is 1.23. The van der Waals surface area contributed by atoms with Crippen molar-refractivity contribution in [3.05, 3.63) is 88.3 Å². The molecule has 0 saturated carbocycles. The third kappa shape index (κ3) is 21.2. The lowest BCUT2D eigenvalue weighted by Gasteiger charge is -2.43. The summed E-state index contributed by atoms with van der Waals surface area (Å²) in [6, 6.07) is 9.74. The first-order valence-corrected chi connectivity index (χ1v) is 38.7. The summed E-state index contributed by atoms with van der Waals surface area (Å²) in [6.45, 7) is 29.4. The first kappa shape index (κ1) is 79.8. The number of benzene rings is 3. The Labute approximate surface area is 582 Å². The van der Waals surface area contributed by atoms with Crippen LogP contribution in [0.2, 0.25) is 36.3 Å². The largest absolute Gasteiger partial charge is 0.493 e. The zero-order valence-corrected chi connectivity index (χ0v) is 62.7. The maximum Gasteiger partial charge on any atom is 0.411 e. The van der Waals surface area contributed by atoms with E-state index in [1.54, 1.807) is 28.1 Å². The number of ether oxygens (including phenoxy) is 12. The standard InChI is InChI=1S/C70H101N5O22Si2/c1-41-29-47(39-91-98(16,17)69(6,7)8)74(36-41)64(80)49-32-55(85-13)57(34-52(49)71)88-26-21-20-22-27-89-58-35-53(50(33-56(58)86-14)65(81)75-37-42(2)30-48(75)40-92-99(18,19)70(9,10)11)73-68(83)90-38-46-23-24-54(51(31-46)63(79)72-25-28-84-12)96-67-62(95-45(5)78)60(94-44(4)77)59(93-43(3)76)61(97-67)66(82)87-15/h23-24,31-37,47-48,59-62,67H,20-22,25-30,38-40,71H2,1-19H3,(H,72,79)(H,73,83)/t47-,48?,59-,60-,61-,62+,67+/m0/s1. The van der Waals surface area contributed by atoms with E-state index >= 15 is 0 Å². The summed E-state index contributed by atoms with van der Waals surface area (Å²) < 4.78 is 81.7. The van der Waals surface area contributed by atoms with Crippen molar-refractivity contribution in [2.75, 3.05) is 79.1 Å². The Kier molecular flexibility index (Phi) is 28.0. The van der Waals surface area contributed by atoms with Gasteiger partial charge in [0.2, 0.25) is 12.4 Å². The minimum atomic E-state index is -2.26. The second kappa shape index (κ2) is 34.7. The van der Waals surface area contributed by atoms with Crippen LogP contribution in [0, 0.1) is 0 Å². The van der Waals surface area contributed by atoms with Crippen molar-refractivity contribution in [3.63, 3.8) is 0 Å². The molecule has 0 aromatic heterocycles. The lowest BCUT2D eigenvalue weighted by atomic mass is 9.97. The summed E-state index contributed by atoms with van der Waals surface area (Å²) in [5, 5.41) is 5.35. The lowest BCUT2D eigenvalue weighted by Crippen LogP contribution is -2.64. The molecule has 0 bridgehead atoms. The molecule has 4 N–H and O–H groups in total. The first-order chi connectivity index (χ1) is 46.4. The second-order valence-corrected chi connectivity index (χ2v) is 37.3. The van der Waals surface area contributed by atoms with E-state index in [1.165, 1.54) is 51.7 Å². The summed E-state index contributed by atoms with van der Waals surface area (Å²) in [6.07, 6.45) is -3.09. The molecule has 3 aliphatic rings. The molecule has 0 aliphatic carbocycles. The number of unbranched alkanes of at least 4 members (excludes halogenated alkanes) is 2. The fourth-order valence-corrected chi connectivity index (χ4v) is 12.7. The van der Waals surface area contributed by atoms with Crippen LogP contribution in [0.3, 0.4) is 0 Å².